The van der Waals surface area contributed by atoms with Crippen molar-refractivity contribution >= 4 is 22.5 Å². The molecule has 0 radical (unpaired) electrons. The fourth-order valence-corrected chi connectivity index (χ4v) is 2.31. The van der Waals surface area contributed by atoms with Gasteiger partial charge in [-0.15, -0.1) is 0 Å². The Bertz CT molecular complexity index is 516. The van der Waals surface area contributed by atoms with E-state index in [0.29, 0.717) is 0 Å². The van der Waals surface area contributed by atoms with Gasteiger partial charge in [-0.1, -0.05) is 31.0 Å². The molecular weight excluding hydrogens is 234 g/mol. The molecule has 1 unspecified atom stereocenters. The van der Waals surface area contributed by atoms with Gasteiger partial charge in [-0.25, -0.2) is 0 Å². The van der Waals surface area contributed by atoms with E-state index in [1.54, 1.807) is 6.92 Å². The standard InChI is InChI=1S/C14H18ClNO/c1-3-4-7-16-9-13(10(2)17)12-6-5-11(15)8-14(12)16/h5-6,8-10,17H,3-4,7H2,1-2H3. The lowest BCUT2D eigenvalue weighted by Crippen LogP contribution is -1.95. The molecule has 0 bridgehead atoms. The summed E-state index contributed by atoms with van der Waals surface area (Å²) in [5.41, 5.74) is 2.09. The van der Waals surface area contributed by atoms with Crippen LogP contribution in [-0.2, 0) is 6.54 Å². The minimum atomic E-state index is -0.443. The zero-order valence-electron chi connectivity index (χ0n) is 10.3. The maximum atomic E-state index is 9.78. The Morgan fingerprint density at radius 3 is 2.82 bits per heavy atom. The van der Waals surface area contributed by atoms with Gasteiger partial charge in [0.05, 0.1) is 6.10 Å². The number of aromatic nitrogens is 1. The summed E-state index contributed by atoms with van der Waals surface area (Å²) in [5, 5.41) is 11.6. The molecule has 1 aromatic heterocycles. The zero-order chi connectivity index (χ0) is 12.4. The van der Waals surface area contributed by atoms with E-state index in [1.807, 2.05) is 24.4 Å². The molecule has 0 aliphatic heterocycles. The molecule has 0 saturated carbocycles. The van der Waals surface area contributed by atoms with Crippen LogP contribution >= 0.6 is 11.6 Å². The van der Waals surface area contributed by atoms with Crippen molar-refractivity contribution in [1.82, 2.24) is 4.57 Å². The van der Waals surface area contributed by atoms with Crippen molar-refractivity contribution in [2.75, 3.05) is 0 Å². The van der Waals surface area contributed by atoms with Crippen molar-refractivity contribution in [3.8, 4) is 0 Å². The number of aliphatic hydroxyl groups excluding tert-OH is 1. The fraction of sp³-hybridized carbons (Fsp3) is 0.429. The van der Waals surface area contributed by atoms with Gasteiger partial charge in [0.25, 0.3) is 0 Å². The number of rotatable bonds is 4. The van der Waals surface area contributed by atoms with Crippen LogP contribution < -0.4 is 0 Å². The normalized spacial score (nSPS) is 13.2. The average molecular weight is 252 g/mol. The largest absolute Gasteiger partial charge is 0.389 e. The highest BCUT2D eigenvalue weighted by atomic mass is 35.5. The topological polar surface area (TPSA) is 25.2 Å². The summed E-state index contributed by atoms with van der Waals surface area (Å²) in [6.45, 7) is 4.95. The fourth-order valence-electron chi connectivity index (χ4n) is 2.14. The monoisotopic (exact) mass is 251 g/mol. The summed E-state index contributed by atoms with van der Waals surface area (Å²) < 4.78 is 2.19. The minimum Gasteiger partial charge on any atom is -0.389 e. The van der Waals surface area contributed by atoms with Crippen LogP contribution in [0.15, 0.2) is 24.4 Å². The molecule has 3 heteroatoms. The van der Waals surface area contributed by atoms with E-state index in [-0.39, 0.29) is 0 Å². The minimum absolute atomic E-state index is 0.443. The summed E-state index contributed by atoms with van der Waals surface area (Å²) in [4.78, 5) is 0. The first kappa shape index (κ1) is 12.5. The maximum Gasteiger partial charge on any atom is 0.0782 e. The Kier molecular flexibility index (Phi) is 3.75. The molecule has 92 valence electrons. The van der Waals surface area contributed by atoms with Gasteiger partial charge in [0, 0.05) is 34.2 Å². The van der Waals surface area contributed by atoms with Gasteiger partial charge >= 0.3 is 0 Å². The van der Waals surface area contributed by atoms with Crippen LogP contribution in [0.4, 0.5) is 0 Å². The maximum absolute atomic E-state index is 9.78. The van der Waals surface area contributed by atoms with E-state index < -0.39 is 6.10 Å². The first-order valence-electron chi connectivity index (χ1n) is 6.10. The van der Waals surface area contributed by atoms with E-state index in [9.17, 15) is 5.11 Å². The van der Waals surface area contributed by atoms with Crippen molar-refractivity contribution < 1.29 is 5.11 Å². The Balaban J connectivity index is 2.54. The molecule has 2 rings (SSSR count). The third kappa shape index (κ3) is 2.48. The van der Waals surface area contributed by atoms with Crippen molar-refractivity contribution in [2.45, 2.75) is 39.3 Å². The molecule has 17 heavy (non-hydrogen) atoms. The number of nitrogens with zero attached hydrogens (tertiary/aromatic N) is 1. The highest BCUT2D eigenvalue weighted by molar-refractivity contribution is 6.31. The number of halogens is 1. The number of hydrogen-bond donors (Lipinski definition) is 1. The van der Waals surface area contributed by atoms with E-state index in [1.165, 1.54) is 0 Å². The molecule has 0 spiro atoms. The first-order valence-corrected chi connectivity index (χ1v) is 6.47. The van der Waals surface area contributed by atoms with Gasteiger partial charge in [-0.2, -0.15) is 0 Å². The number of aryl methyl sites for hydroxylation is 1. The predicted molar refractivity (Wildman–Crippen MR) is 72.5 cm³/mol. The lowest BCUT2D eigenvalue weighted by Gasteiger charge is -2.03. The molecule has 1 N–H and O–H groups in total. The molecule has 1 aromatic carbocycles. The molecule has 1 atom stereocenters. The van der Waals surface area contributed by atoms with Crippen molar-refractivity contribution in [3.63, 3.8) is 0 Å². The number of unbranched alkanes of at least 4 members (excludes halogenated alkanes) is 1. The van der Waals surface area contributed by atoms with Gasteiger partial charge < -0.3 is 9.67 Å². The number of hydrogen-bond acceptors (Lipinski definition) is 1. The number of benzene rings is 1. The van der Waals surface area contributed by atoms with E-state index >= 15 is 0 Å². The summed E-state index contributed by atoms with van der Waals surface area (Å²) >= 11 is 6.04. The number of aliphatic hydroxyl groups is 1. The first-order chi connectivity index (χ1) is 8.13. The average Bonchev–Trinajstić information content (AvgIpc) is 2.64. The summed E-state index contributed by atoms with van der Waals surface area (Å²) in [7, 11) is 0. The molecule has 1 heterocycles. The van der Waals surface area contributed by atoms with Gasteiger partial charge in [0.15, 0.2) is 0 Å². The second-order valence-corrected chi connectivity index (χ2v) is 4.91. The highest BCUT2D eigenvalue weighted by Gasteiger charge is 2.12. The molecular formula is C14H18ClNO. The highest BCUT2D eigenvalue weighted by Crippen LogP contribution is 2.29. The number of fused-ring (bicyclic) bond motifs is 1. The van der Waals surface area contributed by atoms with Crippen LogP contribution in [0.5, 0.6) is 0 Å². The molecule has 2 nitrogen and oxygen atoms in total. The van der Waals surface area contributed by atoms with E-state index in [2.05, 4.69) is 11.5 Å². The van der Waals surface area contributed by atoms with Gasteiger partial charge in [0.1, 0.15) is 0 Å². The second kappa shape index (κ2) is 5.11. The van der Waals surface area contributed by atoms with Crippen molar-refractivity contribution in [3.05, 3.63) is 35.0 Å². The Hall–Kier alpha value is -0.990. The van der Waals surface area contributed by atoms with Crippen LogP contribution in [0.3, 0.4) is 0 Å². The smallest absolute Gasteiger partial charge is 0.0782 e. The van der Waals surface area contributed by atoms with E-state index in [0.717, 1.165) is 40.9 Å². The van der Waals surface area contributed by atoms with Crippen LogP contribution in [0.25, 0.3) is 10.9 Å². The van der Waals surface area contributed by atoms with Gasteiger partial charge in [0.2, 0.25) is 0 Å². The Labute approximate surface area is 107 Å². The molecule has 0 aliphatic carbocycles. The second-order valence-electron chi connectivity index (χ2n) is 4.47. The van der Waals surface area contributed by atoms with Crippen molar-refractivity contribution in [2.24, 2.45) is 0 Å². The lowest BCUT2D eigenvalue weighted by molar-refractivity contribution is 0.200. The summed E-state index contributed by atoms with van der Waals surface area (Å²) in [6.07, 6.45) is 3.89. The van der Waals surface area contributed by atoms with Crippen LogP contribution in [-0.4, -0.2) is 9.67 Å². The third-order valence-electron chi connectivity index (χ3n) is 3.08. The van der Waals surface area contributed by atoms with Crippen LogP contribution in [0.1, 0.15) is 38.4 Å². The summed E-state index contributed by atoms with van der Waals surface area (Å²) in [5.74, 6) is 0. The van der Waals surface area contributed by atoms with Gasteiger partial charge in [-0.3, -0.25) is 0 Å². The molecule has 2 aromatic rings. The molecule has 0 fully saturated rings. The van der Waals surface area contributed by atoms with Crippen LogP contribution in [0.2, 0.25) is 5.02 Å². The molecule has 0 aliphatic rings. The van der Waals surface area contributed by atoms with Crippen molar-refractivity contribution in [1.29, 1.82) is 0 Å². The van der Waals surface area contributed by atoms with E-state index in [4.69, 9.17) is 11.6 Å². The SMILES string of the molecule is CCCCn1cc(C(C)O)c2ccc(Cl)cc21. The lowest BCUT2D eigenvalue weighted by atomic mass is 10.1. The Morgan fingerprint density at radius 2 is 2.18 bits per heavy atom. The predicted octanol–water partition coefficient (Wildman–Crippen LogP) is 4.15. The third-order valence-corrected chi connectivity index (χ3v) is 3.31. The summed E-state index contributed by atoms with van der Waals surface area (Å²) in [6, 6.07) is 5.83. The Morgan fingerprint density at radius 1 is 1.41 bits per heavy atom. The molecule has 0 saturated heterocycles. The molecule has 0 amide bonds. The zero-order valence-corrected chi connectivity index (χ0v) is 11.0. The van der Waals surface area contributed by atoms with Gasteiger partial charge in [-0.05, 0) is 25.5 Å². The quantitative estimate of drug-likeness (QED) is 0.868. The van der Waals surface area contributed by atoms with Crippen LogP contribution in [0, 0.1) is 0 Å².